The predicted octanol–water partition coefficient (Wildman–Crippen LogP) is 4.76. The number of nitrogens with zero attached hydrogens (tertiary/aromatic N) is 2. The number of alkyl halides is 3. The van der Waals surface area contributed by atoms with Crippen molar-refractivity contribution in [1.29, 1.82) is 0 Å². The first kappa shape index (κ1) is 22.1. The van der Waals surface area contributed by atoms with E-state index in [-0.39, 0.29) is 16.9 Å². The van der Waals surface area contributed by atoms with Crippen molar-refractivity contribution in [3.63, 3.8) is 0 Å². The van der Waals surface area contributed by atoms with Crippen molar-refractivity contribution >= 4 is 5.97 Å². The number of hydrogen-bond donors (Lipinski definition) is 0. The molecular weight excluding hydrogens is 423 g/mol. The second-order valence-electron chi connectivity index (χ2n) is 6.64. The van der Waals surface area contributed by atoms with Gasteiger partial charge in [0, 0.05) is 23.4 Å². The van der Waals surface area contributed by atoms with Crippen LogP contribution in [0.2, 0.25) is 0 Å². The lowest BCUT2D eigenvalue weighted by Gasteiger charge is -2.17. The lowest BCUT2D eigenvalue weighted by Crippen LogP contribution is -2.26. The molecule has 5 nitrogen and oxygen atoms in total. The number of esters is 1. The third kappa shape index (κ3) is 4.62. The van der Waals surface area contributed by atoms with E-state index in [2.05, 4.69) is 5.10 Å². The molecule has 1 aromatic heterocycles. The molecule has 0 fully saturated rings. The van der Waals surface area contributed by atoms with Crippen LogP contribution in [-0.2, 0) is 10.9 Å². The van der Waals surface area contributed by atoms with E-state index < -0.39 is 46.6 Å². The molecular formula is C21H15F5N2O3. The molecule has 0 aliphatic carbocycles. The standard InChI is InChI=1S/C21H15F5N2O3/c1-11-9-18(29)19(20(30)31-12(2)14-8-7-13(22)10-16(14)23)27-28(11)17-6-4-3-5-15(17)21(24,25)26/h3-10,12H,1-2H3/t12-/m1/s1. The summed E-state index contributed by atoms with van der Waals surface area (Å²) in [5.74, 6) is -3.06. The summed E-state index contributed by atoms with van der Waals surface area (Å²) >= 11 is 0. The maximum Gasteiger partial charge on any atom is 0.418 e. The Balaban J connectivity index is 2.00. The Labute approximate surface area is 172 Å². The summed E-state index contributed by atoms with van der Waals surface area (Å²) in [6.07, 6.45) is -5.92. The molecule has 3 rings (SSSR count). The first-order chi connectivity index (χ1) is 14.5. The molecule has 162 valence electrons. The van der Waals surface area contributed by atoms with E-state index in [9.17, 15) is 31.5 Å². The van der Waals surface area contributed by atoms with Gasteiger partial charge in [-0.25, -0.2) is 18.3 Å². The molecule has 31 heavy (non-hydrogen) atoms. The van der Waals surface area contributed by atoms with Gasteiger partial charge >= 0.3 is 12.1 Å². The number of aryl methyl sites for hydroxylation is 1. The van der Waals surface area contributed by atoms with E-state index in [1.165, 1.54) is 26.0 Å². The molecule has 1 atom stereocenters. The molecule has 0 saturated heterocycles. The average molecular weight is 438 g/mol. The Kier molecular flexibility index (Phi) is 5.92. The van der Waals surface area contributed by atoms with Crippen molar-refractivity contribution < 1.29 is 31.5 Å². The van der Waals surface area contributed by atoms with Crippen molar-refractivity contribution in [2.24, 2.45) is 0 Å². The van der Waals surface area contributed by atoms with E-state index >= 15 is 0 Å². The molecule has 0 radical (unpaired) electrons. The van der Waals surface area contributed by atoms with Crippen LogP contribution >= 0.6 is 0 Å². The SMILES string of the molecule is Cc1cc(=O)c(C(=O)O[C@H](C)c2ccc(F)cc2F)nn1-c1ccccc1C(F)(F)F. The van der Waals surface area contributed by atoms with Crippen molar-refractivity contribution in [2.45, 2.75) is 26.1 Å². The Hall–Kier alpha value is -3.56. The van der Waals surface area contributed by atoms with Crippen LogP contribution < -0.4 is 5.43 Å². The van der Waals surface area contributed by atoms with Crippen LogP contribution in [0.3, 0.4) is 0 Å². The van der Waals surface area contributed by atoms with Crippen LogP contribution in [0.1, 0.15) is 40.3 Å². The van der Waals surface area contributed by atoms with Gasteiger partial charge in [-0.1, -0.05) is 12.1 Å². The van der Waals surface area contributed by atoms with Gasteiger partial charge in [-0.3, -0.25) is 4.79 Å². The molecule has 2 aromatic carbocycles. The summed E-state index contributed by atoms with van der Waals surface area (Å²) < 4.78 is 73.0. The zero-order valence-electron chi connectivity index (χ0n) is 16.2. The summed E-state index contributed by atoms with van der Waals surface area (Å²) in [6.45, 7) is 2.65. The van der Waals surface area contributed by atoms with Crippen LogP contribution in [-0.4, -0.2) is 15.7 Å². The van der Waals surface area contributed by atoms with Crippen LogP contribution in [0, 0.1) is 18.6 Å². The number of hydrogen-bond acceptors (Lipinski definition) is 4. The first-order valence-electron chi connectivity index (χ1n) is 8.92. The van der Waals surface area contributed by atoms with Crippen molar-refractivity contribution in [3.8, 4) is 5.69 Å². The number of para-hydroxylation sites is 1. The van der Waals surface area contributed by atoms with E-state index in [0.717, 1.165) is 35.0 Å². The van der Waals surface area contributed by atoms with Gasteiger partial charge in [0.15, 0.2) is 0 Å². The number of halogens is 5. The Bertz CT molecular complexity index is 1200. The zero-order valence-corrected chi connectivity index (χ0v) is 16.2. The minimum Gasteiger partial charge on any atom is -0.453 e. The van der Waals surface area contributed by atoms with Crippen molar-refractivity contribution in [3.05, 3.63) is 92.9 Å². The van der Waals surface area contributed by atoms with Crippen LogP contribution in [0.15, 0.2) is 53.3 Å². The minimum atomic E-state index is -4.71. The van der Waals surface area contributed by atoms with Crippen molar-refractivity contribution in [2.75, 3.05) is 0 Å². The molecule has 0 saturated carbocycles. The second kappa shape index (κ2) is 8.29. The molecule has 3 aromatic rings. The number of rotatable bonds is 4. The number of carbonyl (C=O) groups excluding carboxylic acids is 1. The number of aromatic nitrogens is 2. The molecule has 10 heteroatoms. The predicted molar refractivity (Wildman–Crippen MR) is 99.8 cm³/mol. The summed E-state index contributed by atoms with van der Waals surface area (Å²) in [6, 6.07) is 8.10. The molecule has 0 aliphatic heterocycles. The monoisotopic (exact) mass is 438 g/mol. The number of carbonyl (C=O) groups is 1. The summed E-state index contributed by atoms with van der Waals surface area (Å²) in [7, 11) is 0. The molecule has 0 aliphatic rings. The van der Waals surface area contributed by atoms with Gasteiger partial charge in [-0.15, -0.1) is 0 Å². The van der Waals surface area contributed by atoms with E-state index in [1.54, 1.807) is 0 Å². The van der Waals surface area contributed by atoms with Gasteiger partial charge in [-0.05, 0) is 38.1 Å². The summed E-state index contributed by atoms with van der Waals surface area (Å²) in [5.41, 5.74) is -3.16. The Morgan fingerprint density at radius 3 is 2.42 bits per heavy atom. The minimum absolute atomic E-state index is 0.0517. The van der Waals surface area contributed by atoms with Gasteiger partial charge in [0.1, 0.15) is 17.7 Å². The molecule has 0 spiro atoms. The third-order valence-electron chi connectivity index (χ3n) is 4.42. The van der Waals surface area contributed by atoms with Gasteiger partial charge in [0.25, 0.3) is 0 Å². The zero-order chi connectivity index (χ0) is 22.9. The normalized spacial score (nSPS) is 12.5. The topological polar surface area (TPSA) is 61.2 Å². The fraction of sp³-hybridized carbons (Fsp3) is 0.190. The molecule has 1 heterocycles. The van der Waals surface area contributed by atoms with E-state index in [4.69, 9.17) is 4.74 Å². The molecule has 0 bridgehead atoms. The molecule has 0 amide bonds. The van der Waals surface area contributed by atoms with Crippen LogP contribution in [0.4, 0.5) is 22.0 Å². The quantitative estimate of drug-likeness (QED) is 0.436. The lowest BCUT2D eigenvalue weighted by molar-refractivity contribution is -0.137. The maximum atomic E-state index is 13.9. The average Bonchev–Trinajstić information content (AvgIpc) is 2.67. The summed E-state index contributed by atoms with van der Waals surface area (Å²) in [5, 5.41) is 3.78. The van der Waals surface area contributed by atoms with Crippen LogP contribution in [0.5, 0.6) is 0 Å². The second-order valence-corrected chi connectivity index (χ2v) is 6.64. The van der Waals surface area contributed by atoms with Gasteiger partial charge in [0.2, 0.25) is 11.1 Å². The summed E-state index contributed by atoms with van der Waals surface area (Å²) in [4.78, 5) is 24.7. The largest absolute Gasteiger partial charge is 0.453 e. The Morgan fingerprint density at radius 1 is 1.10 bits per heavy atom. The highest BCUT2D eigenvalue weighted by molar-refractivity contribution is 5.87. The lowest BCUT2D eigenvalue weighted by atomic mass is 10.1. The fourth-order valence-corrected chi connectivity index (χ4v) is 2.94. The van der Waals surface area contributed by atoms with Gasteiger partial charge < -0.3 is 4.74 Å². The first-order valence-corrected chi connectivity index (χ1v) is 8.92. The van der Waals surface area contributed by atoms with E-state index in [0.29, 0.717) is 6.07 Å². The third-order valence-corrected chi connectivity index (χ3v) is 4.42. The van der Waals surface area contributed by atoms with Crippen LogP contribution in [0.25, 0.3) is 5.69 Å². The smallest absolute Gasteiger partial charge is 0.418 e. The van der Waals surface area contributed by atoms with Gasteiger partial charge in [0.05, 0.1) is 11.3 Å². The number of ether oxygens (including phenoxy) is 1. The highest BCUT2D eigenvalue weighted by Gasteiger charge is 2.34. The molecule has 0 N–H and O–H groups in total. The maximum absolute atomic E-state index is 13.9. The van der Waals surface area contributed by atoms with Gasteiger partial charge in [-0.2, -0.15) is 18.3 Å². The number of benzene rings is 2. The Morgan fingerprint density at radius 2 is 1.77 bits per heavy atom. The highest BCUT2D eigenvalue weighted by atomic mass is 19.4. The molecule has 0 unspecified atom stereocenters. The van der Waals surface area contributed by atoms with E-state index in [1.807, 2.05) is 0 Å². The van der Waals surface area contributed by atoms with Crippen molar-refractivity contribution in [1.82, 2.24) is 9.78 Å². The highest BCUT2D eigenvalue weighted by Crippen LogP contribution is 2.33. The fourth-order valence-electron chi connectivity index (χ4n) is 2.94.